The van der Waals surface area contributed by atoms with E-state index in [1.54, 1.807) is 38.1 Å². The number of carbonyl (C=O) groups excluding carboxylic acids is 2. The van der Waals surface area contributed by atoms with Crippen LogP contribution in [0.2, 0.25) is 0 Å². The summed E-state index contributed by atoms with van der Waals surface area (Å²) in [6.45, 7) is 5.69. The molecule has 4 N–H and O–H groups in total. The summed E-state index contributed by atoms with van der Waals surface area (Å²) in [6.07, 6.45) is 0. The molecule has 116 valence electrons. The van der Waals surface area contributed by atoms with Crippen LogP contribution < -0.4 is 11.1 Å². The number of nitrogens with two attached hydrogens (primary N) is 1. The van der Waals surface area contributed by atoms with Crippen LogP contribution in [-0.2, 0) is 4.79 Å². The van der Waals surface area contributed by atoms with Gasteiger partial charge in [-0.3, -0.25) is 9.59 Å². The van der Waals surface area contributed by atoms with Crippen LogP contribution in [0.15, 0.2) is 24.3 Å². The molecule has 0 aliphatic rings. The normalized spacial score (nSPS) is 11.0. The van der Waals surface area contributed by atoms with E-state index in [1.807, 2.05) is 6.92 Å². The van der Waals surface area contributed by atoms with Crippen LogP contribution in [0.4, 0.5) is 5.69 Å². The van der Waals surface area contributed by atoms with Gasteiger partial charge in [-0.1, -0.05) is 0 Å². The number of hydrogen-bond donors (Lipinski definition) is 3. The quantitative estimate of drug-likeness (QED) is 0.670. The second-order valence-corrected chi connectivity index (χ2v) is 5.53. The van der Waals surface area contributed by atoms with Crippen LogP contribution >= 0.6 is 0 Å². The first kappa shape index (κ1) is 17.0. The lowest BCUT2D eigenvalue weighted by atomic mass is 10.1. The van der Waals surface area contributed by atoms with E-state index in [4.69, 9.17) is 5.73 Å². The van der Waals surface area contributed by atoms with Crippen molar-refractivity contribution >= 4 is 17.5 Å². The smallest absolute Gasteiger partial charge is 0.251 e. The van der Waals surface area contributed by atoms with Gasteiger partial charge in [-0.2, -0.15) is 0 Å². The summed E-state index contributed by atoms with van der Waals surface area (Å²) >= 11 is 0. The predicted octanol–water partition coefficient (Wildman–Crippen LogP) is 0.618. The van der Waals surface area contributed by atoms with Crippen molar-refractivity contribution in [1.29, 1.82) is 0 Å². The molecule has 0 saturated carbocycles. The molecule has 2 amide bonds. The zero-order valence-corrected chi connectivity index (χ0v) is 12.7. The van der Waals surface area contributed by atoms with Gasteiger partial charge in [-0.05, 0) is 45.0 Å². The van der Waals surface area contributed by atoms with E-state index in [2.05, 4.69) is 5.32 Å². The average Bonchev–Trinajstić information content (AvgIpc) is 2.41. The average molecular weight is 293 g/mol. The fourth-order valence-electron chi connectivity index (χ4n) is 1.85. The lowest BCUT2D eigenvalue weighted by Gasteiger charge is -2.28. The van der Waals surface area contributed by atoms with Crippen molar-refractivity contribution in [2.45, 2.75) is 26.4 Å². The number of aliphatic hydroxyl groups is 1. The maximum atomic E-state index is 12.0. The summed E-state index contributed by atoms with van der Waals surface area (Å²) < 4.78 is 0. The van der Waals surface area contributed by atoms with Crippen LogP contribution in [0.25, 0.3) is 0 Å². The van der Waals surface area contributed by atoms with E-state index in [0.717, 1.165) is 0 Å². The molecule has 0 spiro atoms. The molecule has 21 heavy (non-hydrogen) atoms. The van der Waals surface area contributed by atoms with Crippen molar-refractivity contribution in [2.75, 3.05) is 25.4 Å². The molecule has 0 bridgehead atoms. The van der Waals surface area contributed by atoms with E-state index in [0.29, 0.717) is 17.8 Å². The molecule has 0 aliphatic heterocycles. The molecule has 0 heterocycles. The third-order valence-electron chi connectivity index (χ3n) is 2.89. The number of amides is 2. The van der Waals surface area contributed by atoms with Crippen LogP contribution in [-0.4, -0.2) is 47.1 Å². The van der Waals surface area contributed by atoms with Gasteiger partial charge in [0.1, 0.15) is 0 Å². The van der Waals surface area contributed by atoms with Crippen molar-refractivity contribution in [1.82, 2.24) is 10.2 Å². The number of hydrogen-bond acceptors (Lipinski definition) is 4. The third-order valence-corrected chi connectivity index (χ3v) is 2.89. The summed E-state index contributed by atoms with van der Waals surface area (Å²) in [6, 6.07) is 6.46. The second kappa shape index (κ2) is 7.08. The molecule has 1 aromatic rings. The first-order valence-electron chi connectivity index (χ1n) is 6.87. The molecule has 6 heteroatoms. The van der Waals surface area contributed by atoms with Crippen molar-refractivity contribution in [3.05, 3.63) is 29.8 Å². The van der Waals surface area contributed by atoms with Crippen molar-refractivity contribution < 1.29 is 14.7 Å². The minimum absolute atomic E-state index is 0.104. The fourth-order valence-corrected chi connectivity index (χ4v) is 1.85. The molecular formula is C15H23N3O3. The van der Waals surface area contributed by atoms with Crippen molar-refractivity contribution in [3.8, 4) is 0 Å². The molecule has 1 rings (SSSR count). The number of likely N-dealkylation sites (N-methyl/N-ethyl adjacent to an activating group) is 1. The first-order valence-corrected chi connectivity index (χ1v) is 6.87. The highest BCUT2D eigenvalue weighted by atomic mass is 16.3. The van der Waals surface area contributed by atoms with Gasteiger partial charge in [0.05, 0.1) is 12.1 Å². The van der Waals surface area contributed by atoms with Gasteiger partial charge in [0.2, 0.25) is 5.91 Å². The summed E-state index contributed by atoms with van der Waals surface area (Å²) in [4.78, 5) is 25.4. The van der Waals surface area contributed by atoms with E-state index < -0.39 is 5.60 Å². The Labute approximate surface area is 124 Å². The standard InChI is InChI=1S/C15H23N3O3/c1-4-18(10-15(2,3)21)13(19)9-17-14(20)11-5-7-12(16)8-6-11/h5-8,21H,4,9-10,16H2,1-3H3,(H,17,20). The van der Waals surface area contributed by atoms with Gasteiger partial charge in [-0.25, -0.2) is 0 Å². The first-order chi connectivity index (χ1) is 9.73. The number of benzene rings is 1. The summed E-state index contributed by atoms with van der Waals surface area (Å²) in [5, 5.41) is 12.3. The molecule has 1 aromatic carbocycles. The maximum absolute atomic E-state index is 12.0. The minimum atomic E-state index is -0.966. The topological polar surface area (TPSA) is 95.7 Å². The molecule has 0 atom stereocenters. The van der Waals surface area contributed by atoms with Gasteiger partial charge in [0, 0.05) is 24.3 Å². The highest BCUT2D eigenvalue weighted by Crippen LogP contribution is 2.06. The highest BCUT2D eigenvalue weighted by Gasteiger charge is 2.21. The molecule has 0 saturated heterocycles. The lowest BCUT2D eigenvalue weighted by molar-refractivity contribution is -0.132. The Morgan fingerprint density at radius 3 is 2.33 bits per heavy atom. The van der Waals surface area contributed by atoms with Crippen LogP contribution in [0, 0.1) is 0 Å². The van der Waals surface area contributed by atoms with Gasteiger partial charge in [-0.15, -0.1) is 0 Å². The van der Waals surface area contributed by atoms with Crippen LogP contribution in [0.1, 0.15) is 31.1 Å². The van der Waals surface area contributed by atoms with Crippen molar-refractivity contribution in [2.24, 2.45) is 0 Å². The largest absolute Gasteiger partial charge is 0.399 e. The Balaban J connectivity index is 2.55. The summed E-state index contributed by atoms with van der Waals surface area (Å²) in [7, 11) is 0. The van der Waals surface area contributed by atoms with Gasteiger partial charge < -0.3 is 21.1 Å². The SMILES string of the molecule is CCN(CC(C)(C)O)C(=O)CNC(=O)c1ccc(N)cc1. The van der Waals surface area contributed by atoms with Crippen LogP contribution in [0.5, 0.6) is 0 Å². The van der Waals surface area contributed by atoms with E-state index in [9.17, 15) is 14.7 Å². The predicted molar refractivity (Wildman–Crippen MR) is 81.7 cm³/mol. The Hall–Kier alpha value is -2.08. The summed E-state index contributed by atoms with van der Waals surface area (Å²) in [5.74, 6) is -0.564. The molecule has 6 nitrogen and oxygen atoms in total. The number of nitrogens with one attached hydrogen (secondary N) is 1. The van der Waals surface area contributed by atoms with Gasteiger partial charge in [0.15, 0.2) is 0 Å². The zero-order valence-electron chi connectivity index (χ0n) is 12.7. The van der Waals surface area contributed by atoms with Gasteiger partial charge in [0.25, 0.3) is 5.91 Å². The molecule has 0 unspecified atom stereocenters. The summed E-state index contributed by atoms with van der Waals surface area (Å²) in [5.41, 5.74) is 5.60. The molecular weight excluding hydrogens is 270 g/mol. The highest BCUT2D eigenvalue weighted by molar-refractivity contribution is 5.96. The van der Waals surface area contributed by atoms with E-state index in [1.165, 1.54) is 4.90 Å². The van der Waals surface area contributed by atoms with Crippen LogP contribution in [0.3, 0.4) is 0 Å². The molecule has 0 fully saturated rings. The number of rotatable bonds is 6. The number of carbonyl (C=O) groups is 2. The fraction of sp³-hybridized carbons (Fsp3) is 0.467. The lowest BCUT2D eigenvalue weighted by Crippen LogP contribution is -2.46. The van der Waals surface area contributed by atoms with E-state index >= 15 is 0 Å². The number of anilines is 1. The van der Waals surface area contributed by atoms with Crippen molar-refractivity contribution in [3.63, 3.8) is 0 Å². The number of nitrogens with zero attached hydrogens (tertiary/aromatic N) is 1. The molecule has 0 aliphatic carbocycles. The van der Waals surface area contributed by atoms with E-state index in [-0.39, 0.29) is 24.9 Å². The Morgan fingerprint density at radius 2 is 1.86 bits per heavy atom. The minimum Gasteiger partial charge on any atom is -0.399 e. The Morgan fingerprint density at radius 1 is 1.29 bits per heavy atom. The monoisotopic (exact) mass is 293 g/mol. The maximum Gasteiger partial charge on any atom is 0.251 e. The third kappa shape index (κ3) is 5.83. The molecule has 0 aromatic heterocycles. The zero-order chi connectivity index (χ0) is 16.0. The second-order valence-electron chi connectivity index (χ2n) is 5.53. The Bertz CT molecular complexity index is 492. The van der Waals surface area contributed by atoms with Gasteiger partial charge >= 0.3 is 0 Å². The Kier molecular flexibility index (Phi) is 5.72. The number of nitrogen functional groups attached to an aromatic ring is 1. The molecule has 0 radical (unpaired) electrons.